The van der Waals surface area contributed by atoms with E-state index in [0.29, 0.717) is 37.1 Å². The zero-order valence-corrected chi connectivity index (χ0v) is 25.3. The Labute approximate surface area is 258 Å². The molecule has 0 saturated carbocycles. The van der Waals surface area contributed by atoms with Crippen molar-refractivity contribution in [3.05, 3.63) is 81.2 Å². The molecule has 250 valence electrons. The number of nitrogens with one attached hydrogen (secondary N) is 1. The third kappa shape index (κ3) is 8.55. The fourth-order valence-corrected chi connectivity index (χ4v) is 5.44. The summed E-state index contributed by atoms with van der Waals surface area (Å²) < 4.78 is 122. The molecular formula is C29H29F7N4O5S. The van der Waals surface area contributed by atoms with Crippen molar-refractivity contribution in [1.82, 2.24) is 14.5 Å². The molecule has 0 radical (unpaired) electrons. The first-order valence-electron chi connectivity index (χ1n) is 13.9. The first-order chi connectivity index (χ1) is 21.3. The molecule has 46 heavy (non-hydrogen) atoms. The van der Waals surface area contributed by atoms with Crippen molar-refractivity contribution in [2.45, 2.75) is 44.6 Å². The molecular weight excluding hydrogens is 649 g/mol. The summed E-state index contributed by atoms with van der Waals surface area (Å²) in [5.74, 6) is -2.88. The maximum absolute atomic E-state index is 13.9. The average Bonchev–Trinajstić information content (AvgIpc) is 2.96. The van der Waals surface area contributed by atoms with Crippen molar-refractivity contribution in [1.29, 1.82) is 0 Å². The number of amides is 1. The van der Waals surface area contributed by atoms with Crippen LogP contribution in [0.25, 0.3) is 5.69 Å². The molecule has 1 unspecified atom stereocenters. The van der Waals surface area contributed by atoms with Gasteiger partial charge in [-0.1, -0.05) is 6.07 Å². The summed E-state index contributed by atoms with van der Waals surface area (Å²) in [6.07, 6.45) is -8.42. The van der Waals surface area contributed by atoms with Gasteiger partial charge in [-0.25, -0.2) is 17.8 Å². The molecule has 1 aliphatic heterocycles. The minimum Gasteiger partial charge on any atom is -0.484 e. The lowest BCUT2D eigenvalue weighted by Crippen LogP contribution is -2.41. The SMILES string of the molecule is CC(c1nc2c(c(=O)n1-c1ccc(OCC(F)(F)F)cc1)CCCN2)N(CCS(C)(=O)=O)C(=O)Cc1ccc(F)c(C(F)(F)F)c1. The molecule has 2 aromatic carbocycles. The Morgan fingerprint density at radius 2 is 1.78 bits per heavy atom. The van der Waals surface area contributed by atoms with Gasteiger partial charge in [-0.2, -0.15) is 26.3 Å². The standard InChI is InChI=1S/C29H29F7N4O5S/c1-17(39(12-13-46(2,43)44)24(41)15-18-5-10-23(30)22(14-18)29(34,35)36)26-38-25-21(4-3-11-37-25)27(42)40(26)19-6-8-20(9-7-19)45-16-28(31,32)33/h5-10,14,17,37H,3-4,11-13,15-16H2,1-2H3. The monoisotopic (exact) mass is 678 g/mol. The second-order valence-corrected chi connectivity index (χ2v) is 13.0. The molecule has 1 N–H and O–H groups in total. The first kappa shape index (κ1) is 34.7. The summed E-state index contributed by atoms with van der Waals surface area (Å²) in [6.45, 7) is -0.0566. The Morgan fingerprint density at radius 1 is 1.11 bits per heavy atom. The van der Waals surface area contributed by atoms with E-state index < -0.39 is 76.4 Å². The molecule has 0 bridgehead atoms. The predicted octanol–water partition coefficient (Wildman–Crippen LogP) is 4.87. The highest BCUT2D eigenvalue weighted by Crippen LogP contribution is 2.33. The lowest BCUT2D eigenvalue weighted by molar-refractivity contribution is -0.153. The van der Waals surface area contributed by atoms with Crippen LogP contribution >= 0.6 is 0 Å². The third-order valence-corrected chi connectivity index (χ3v) is 8.08. The van der Waals surface area contributed by atoms with Crippen molar-refractivity contribution in [3.8, 4) is 11.4 Å². The van der Waals surface area contributed by atoms with Gasteiger partial charge in [-0.05, 0) is 61.7 Å². The van der Waals surface area contributed by atoms with E-state index in [1.165, 1.54) is 31.2 Å². The quantitative estimate of drug-likeness (QED) is 0.305. The van der Waals surface area contributed by atoms with Gasteiger partial charge < -0.3 is 15.0 Å². The van der Waals surface area contributed by atoms with Gasteiger partial charge >= 0.3 is 12.4 Å². The molecule has 0 spiro atoms. The Bertz CT molecular complexity index is 1760. The van der Waals surface area contributed by atoms with Crippen molar-refractivity contribution in [2.75, 3.05) is 37.0 Å². The molecule has 2 heterocycles. The van der Waals surface area contributed by atoms with Gasteiger partial charge in [-0.15, -0.1) is 0 Å². The molecule has 1 atom stereocenters. The van der Waals surface area contributed by atoms with Crippen LogP contribution in [0.5, 0.6) is 5.75 Å². The van der Waals surface area contributed by atoms with Crippen molar-refractivity contribution in [2.24, 2.45) is 0 Å². The van der Waals surface area contributed by atoms with E-state index in [4.69, 9.17) is 4.74 Å². The number of fused-ring (bicyclic) bond motifs is 1. The van der Waals surface area contributed by atoms with Gasteiger partial charge in [-0.3, -0.25) is 14.2 Å². The number of rotatable bonds is 10. The summed E-state index contributed by atoms with van der Waals surface area (Å²) >= 11 is 0. The molecule has 0 fully saturated rings. The highest BCUT2D eigenvalue weighted by molar-refractivity contribution is 7.90. The van der Waals surface area contributed by atoms with E-state index in [1.54, 1.807) is 0 Å². The minimum atomic E-state index is -5.03. The van der Waals surface area contributed by atoms with E-state index in [-0.39, 0.29) is 28.6 Å². The summed E-state index contributed by atoms with van der Waals surface area (Å²) in [7, 11) is -3.67. The lowest BCUT2D eigenvalue weighted by Gasteiger charge is -2.31. The zero-order chi connectivity index (χ0) is 34.0. The Balaban J connectivity index is 1.78. The van der Waals surface area contributed by atoms with Gasteiger partial charge in [0.2, 0.25) is 5.91 Å². The third-order valence-electron chi connectivity index (χ3n) is 7.15. The van der Waals surface area contributed by atoms with Gasteiger partial charge in [0.05, 0.1) is 35.0 Å². The summed E-state index contributed by atoms with van der Waals surface area (Å²) in [6, 6.07) is 5.96. The van der Waals surface area contributed by atoms with Crippen LogP contribution < -0.4 is 15.6 Å². The summed E-state index contributed by atoms with van der Waals surface area (Å²) in [5, 5.41) is 3.01. The molecule has 17 heteroatoms. The van der Waals surface area contributed by atoms with Crippen LogP contribution in [0, 0.1) is 5.82 Å². The highest BCUT2D eigenvalue weighted by atomic mass is 32.2. The van der Waals surface area contributed by atoms with Gasteiger partial charge in [0.1, 0.15) is 33.0 Å². The van der Waals surface area contributed by atoms with Crippen LogP contribution in [0.3, 0.4) is 0 Å². The minimum absolute atomic E-state index is 0.0564. The smallest absolute Gasteiger partial charge is 0.422 e. The molecule has 1 amide bonds. The molecule has 1 aromatic heterocycles. The van der Waals surface area contributed by atoms with Gasteiger partial charge in [0, 0.05) is 19.3 Å². The maximum atomic E-state index is 13.9. The Kier molecular flexibility index (Phi) is 10.0. The van der Waals surface area contributed by atoms with Crippen LogP contribution in [0.1, 0.15) is 41.9 Å². The van der Waals surface area contributed by atoms with Crippen LogP contribution in [0.15, 0.2) is 47.3 Å². The number of aromatic nitrogens is 2. The number of benzene rings is 2. The highest BCUT2D eigenvalue weighted by Gasteiger charge is 2.35. The molecule has 1 aliphatic rings. The fourth-order valence-electron chi connectivity index (χ4n) is 4.92. The van der Waals surface area contributed by atoms with Crippen molar-refractivity contribution < 1.29 is 48.7 Å². The molecule has 0 aliphatic carbocycles. The second kappa shape index (κ2) is 13.3. The Morgan fingerprint density at radius 3 is 2.39 bits per heavy atom. The van der Waals surface area contributed by atoms with E-state index in [1.807, 2.05) is 0 Å². The van der Waals surface area contributed by atoms with E-state index in [2.05, 4.69) is 10.3 Å². The number of hydrogen-bond acceptors (Lipinski definition) is 7. The molecule has 0 saturated heterocycles. The van der Waals surface area contributed by atoms with Crippen molar-refractivity contribution >= 4 is 21.6 Å². The predicted molar refractivity (Wildman–Crippen MR) is 153 cm³/mol. The average molecular weight is 679 g/mol. The zero-order valence-electron chi connectivity index (χ0n) is 24.5. The largest absolute Gasteiger partial charge is 0.484 e. The van der Waals surface area contributed by atoms with Crippen LogP contribution in [0.2, 0.25) is 0 Å². The number of hydrogen-bond donors (Lipinski definition) is 1. The number of sulfone groups is 1. The summed E-state index contributed by atoms with van der Waals surface area (Å²) in [5.41, 5.74) is -1.86. The van der Waals surface area contributed by atoms with Crippen LogP contribution in [0.4, 0.5) is 36.6 Å². The molecule has 4 rings (SSSR count). The Hall–Kier alpha value is -4.15. The molecule has 9 nitrogen and oxygen atoms in total. The van der Waals surface area contributed by atoms with Gasteiger partial charge in [0.25, 0.3) is 5.56 Å². The number of halogens is 7. The number of nitrogens with zero attached hydrogens (tertiary/aromatic N) is 3. The number of carbonyl (C=O) groups excluding carboxylic acids is 1. The topological polar surface area (TPSA) is 111 Å². The van der Waals surface area contributed by atoms with Crippen LogP contribution in [-0.2, 0) is 33.6 Å². The first-order valence-corrected chi connectivity index (χ1v) is 15.9. The van der Waals surface area contributed by atoms with Crippen LogP contribution in [-0.4, -0.2) is 66.7 Å². The number of carbonyl (C=O) groups is 1. The van der Waals surface area contributed by atoms with Gasteiger partial charge in [0.15, 0.2) is 6.61 Å². The fraction of sp³-hybridized carbons (Fsp3) is 0.414. The normalized spacial score (nSPS) is 14.3. The lowest BCUT2D eigenvalue weighted by atomic mass is 10.1. The maximum Gasteiger partial charge on any atom is 0.422 e. The number of anilines is 1. The number of ether oxygens (including phenoxy) is 1. The molecule has 3 aromatic rings. The summed E-state index contributed by atoms with van der Waals surface area (Å²) in [4.78, 5) is 33.1. The number of alkyl halides is 6. The van der Waals surface area contributed by atoms with Crippen molar-refractivity contribution in [3.63, 3.8) is 0 Å². The van der Waals surface area contributed by atoms with E-state index in [0.717, 1.165) is 21.8 Å². The van der Waals surface area contributed by atoms with E-state index >= 15 is 0 Å². The second-order valence-electron chi connectivity index (χ2n) is 10.7. The van der Waals surface area contributed by atoms with E-state index in [9.17, 15) is 48.7 Å².